The van der Waals surface area contributed by atoms with Crippen molar-refractivity contribution in [2.45, 2.75) is 6.92 Å². The fraction of sp³-hybridized carbons (Fsp3) is 0.278. The molecular formula is C18H18FN5O3. The van der Waals surface area contributed by atoms with Crippen LogP contribution in [0.4, 0.5) is 15.8 Å². The molecular weight excluding hydrogens is 353 g/mol. The molecule has 3 aromatic rings. The molecule has 0 unspecified atom stereocenters. The van der Waals surface area contributed by atoms with Gasteiger partial charge >= 0.3 is 0 Å². The number of aromatic nitrogens is 3. The molecule has 0 saturated carbocycles. The Morgan fingerprint density at radius 2 is 2.07 bits per heavy atom. The van der Waals surface area contributed by atoms with Gasteiger partial charge < -0.3 is 15.0 Å². The molecule has 0 aliphatic carbocycles. The van der Waals surface area contributed by atoms with Crippen molar-refractivity contribution in [1.29, 1.82) is 0 Å². The van der Waals surface area contributed by atoms with Gasteiger partial charge in [0.15, 0.2) is 5.65 Å². The maximum Gasteiger partial charge on any atom is 0.272 e. The quantitative estimate of drug-likeness (QED) is 0.729. The van der Waals surface area contributed by atoms with Gasteiger partial charge in [-0.1, -0.05) is 0 Å². The van der Waals surface area contributed by atoms with E-state index in [1.165, 1.54) is 28.9 Å². The topological polar surface area (TPSA) is 91.7 Å². The molecule has 0 spiro atoms. The summed E-state index contributed by atoms with van der Waals surface area (Å²) in [6, 6.07) is 5.79. The zero-order valence-corrected chi connectivity index (χ0v) is 14.7. The van der Waals surface area contributed by atoms with Crippen LogP contribution in [-0.4, -0.2) is 46.8 Å². The molecule has 1 saturated heterocycles. The molecule has 1 fully saturated rings. The average Bonchev–Trinajstić information content (AvgIpc) is 3.08. The largest absolute Gasteiger partial charge is 0.378 e. The van der Waals surface area contributed by atoms with Crippen molar-refractivity contribution in [1.82, 2.24) is 14.6 Å². The second-order valence-corrected chi connectivity index (χ2v) is 6.30. The van der Waals surface area contributed by atoms with E-state index in [0.717, 1.165) is 0 Å². The van der Waals surface area contributed by atoms with Crippen LogP contribution < -0.4 is 15.8 Å². The van der Waals surface area contributed by atoms with E-state index < -0.39 is 5.91 Å². The van der Waals surface area contributed by atoms with Crippen LogP contribution in [0.3, 0.4) is 0 Å². The molecule has 0 radical (unpaired) electrons. The number of carbonyl (C=O) groups is 1. The molecule has 1 aliphatic heterocycles. The summed E-state index contributed by atoms with van der Waals surface area (Å²) in [6.07, 6.45) is 1.42. The van der Waals surface area contributed by atoms with Gasteiger partial charge in [-0.3, -0.25) is 14.7 Å². The predicted octanol–water partition coefficient (Wildman–Crippen LogP) is 1.56. The smallest absolute Gasteiger partial charge is 0.272 e. The molecule has 3 heterocycles. The van der Waals surface area contributed by atoms with Crippen LogP contribution in [-0.2, 0) is 4.74 Å². The Morgan fingerprint density at radius 1 is 1.30 bits per heavy atom. The molecule has 1 aromatic carbocycles. The van der Waals surface area contributed by atoms with E-state index >= 15 is 0 Å². The predicted molar refractivity (Wildman–Crippen MR) is 97.9 cm³/mol. The second kappa shape index (κ2) is 6.84. The Bertz CT molecular complexity index is 1070. The highest BCUT2D eigenvalue weighted by atomic mass is 19.1. The van der Waals surface area contributed by atoms with Gasteiger partial charge in [0.25, 0.3) is 11.5 Å². The van der Waals surface area contributed by atoms with Crippen molar-refractivity contribution < 1.29 is 13.9 Å². The third-order valence-electron chi connectivity index (χ3n) is 4.43. The molecule has 0 atom stereocenters. The zero-order valence-electron chi connectivity index (χ0n) is 14.7. The number of H-pyrrole nitrogens is 1. The zero-order chi connectivity index (χ0) is 19.0. The number of morpholine rings is 1. The molecule has 27 heavy (non-hydrogen) atoms. The van der Waals surface area contributed by atoms with E-state index in [2.05, 4.69) is 15.4 Å². The number of aromatic amines is 1. The van der Waals surface area contributed by atoms with Crippen LogP contribution in [0.5, 0.6) is 0 Å². The SMILES string of the molecule is Cc1cc(=O)n2[nH]cc(C(=O)Nc3ccc(F)c(N4CCOCC4)c3)c2n1. The van der Waals surface area contributed by atoms with Gasteiger partial charge in [0.1, 0.15) is 11.4 Å². The van der Waals surface area contributed by atoms with E-state index in [1.54, 1.807) is 13.0 Å². The lowest BCUT2D eigenvalue weighted by Crippen LogP contribution is -2.36. The summed E-state index contributed by atoms with van der Waals surface area (Å²) in [6.45, 7) is 3.92. The highest BCUT2D eigenvalue weighted by molar-refractivity contribution is 6.08. The summed E-state index contributed by atoms with van der Waals surface area (Å²) in [7, 11) is 0. The Labute approximate surface area is 153 Å². The molecule has 2 aromatic heterocycles. The summed E-state index contributed by atoms with van der Waals surface area (Å²) >= 11 is 0. The number of nitrogens with one attached hydrogen (secondary N) is 2. The number of ether oxygens (including phenoxy) is 1. The first-order valence-corrected chi connectivity index (χ1v) is 8.54. The van der Waals surface area contributed by atoms with Gasteiger partial charge in [-0.2, -0.15) is 0 Å². The van der Waals surface area contributed by atoms with Gasteiger partial charge in [0.05, 0.1) is 18.9 Å². The van der Waals surface area contributed by atoms with Crippen LogP contribution in [0.2, 0.25) is 0 Å². The number of amides is 1. The molecule has 0 bridgehead atoms. The molecule has 1 aliphatic rings. The lowest BCUT2D eigenvalue weighted by atomic mass is 10.2. The Kier molecular flexibility index (Phi) is 4.36. The van der Waals surface area contributed by atoms with Crippen molar-refractivity contribution in [3.05, 3.63) is 57.9 Å². The van der Waals surface area contributed by atoms with Crippen LogP contribution in [0.1, 0.15) is 16.1 Å². The highest BCUT2D eigenvalue weighted by Gasteiger charge is 2.18. The van der Waals surface area contributed by atoms with E-state index in [9.17, 15) is 14.0 Å². The molecule has 9 heteroatoms. The number of aryl methyl sites for hydroxylation is 1. The van der Waals surface area contributed by atoms with Crippen LogP contribution in [0.15, 0.2) is 35.3 Å². The summed E-state index contributed by atoms with van der Waals surface area (Å²) < 4.78 is 20.7. The maximum atomic E-state index is 14.2. The van der Waals surface area contributed by atoms with Crippen LogP contribution in [0, 0.1) is 12.7 Å². The van der Waals surface area contributed by atoms with Crippen molar-refractivity contribution in [3.8, 4) is 0 Å². The number of nitrogens with zero attached hydrogens (tertiary/aromatic N) is 3. The van der Waals surface area contributed by atoms with Crippen LogP contribution in [0.25, 0.3) is 5.65 Å². The van der Waals surface area contributed by atoms with Gasteiger partial charge in [0, 0.05) is 36.7 Å². The minimum absolute atomic E-state index is 0.230. The molecule has 140 valence electrons. The van der Waals surface area contributed by atoms with Gasteiger partial charge in [-0.15, -0.1) is 0 Å². The average molecular weight is 371 g/mol. The minimum atomic E-state index is -0.439. The second-order valence-electron chi connectivity index (χ2n) is 6.30. The Hall–Kier alpha value is -3.20. The summed E-state index contributed by atoms with van der Waals surface area (Å²) in [5.74, 6) is -0.795. The van der Waals surface area contributed by atoms with Gasteiger partial charge in [-0.25, -0.2) is 13.9 Å². The third-order valence-corrected chi connectivity index (χ3v) is 4.43. The molecule has 2 N–H and O–H groups in total. The fourth-order valence-electron chi connectivity index (χ4n) is 3.10. The summed E-state index contributed by atoms with van der Waals surface area (Å²) in [5, 5.41) is 5.46. The number of anilines is 2. The molecule has 1 amide bonds. The van der Waals surface area contributed by atoms with Crippen molar-refractivity contribution >= 4 is 22.9 Å². The number of rotatable bonds is 3. The minimum Gasteiger partial charge on any atom is -0.378 e. The first-order chi connectivity index (χ1) is 13.0. The van der Waals surface area contributed by atoms with Crippen molar-refractivity contribution in [3.63, 3.8) is 0 Å². The maximum absolute atomic E-state index is 14.2. The highest BCUT2D eigenvalue weighted by Crippen LogP contribution is 2.25. The van der Waals surface area contributed by atoms with Gasteiger partial charge in [0.2, 0.25) is 0 Å². The van der Waals surface area contributed by atoms with Crippen LogP contribution >= 0.6 is 0 Å². The standard InChI is InChI=1S/C18H18FN5O3/c1-11-8-16(25)24-17(21-11)13(10-20-24)18(26)22-12-2-3-14(19)15(9-12)23-4-6-27-7-5-23/h2-3,8-10,20H,4-7H2,1H3,(H,22,26). The lowest BCUT2D eigenvalue weighted by Gasteiger charge is -2.29. The number of benzene rings is 1. The van der Waals surface area contributed by atoms with E-state index in [0.29, 0.717) is 43.4 Å². The number of hydrogen-bond acceptors (Lipinski definition) is 5. The first-order valence-electron chi connectivity index (χ1n) is 8.54. The number of hydrogen-bond donors (Lipinski definition) is 2. The normalized spacial score (nSPS) is 14.5. The first kappa shape index (κ1) is 17.2. The Morgan fingerprint density at radius 3 is 2.85 bits per heavy atom. The fourth-order valence-corrected chi connectivity index (χ4v) is 3.10. The molecule has 4 rings (SSSR count). The monoisotopic (exact) mass is 371 g/mol. The number of carbonyl (C=O) groups excluding carboxylic acids is 1. The van der Waals surface area contributed by atoms with Crippen molar-refractivity contribution in [2.75, 3.05) is 36.5 Å². The number of fused-ring (bicyclic) bond motifs is 1. The van der Waals surface area contributed by atoms with Gasteiger partial charge in [-0.05, 0) is 25.1 Å². The van der Waals surface area contributed by atoms with E-state index in [1.807, 2.05) is 4.90 Å². The summed E-state index contributed by atoms with van der Waals surface area (Å²) in [4.78, 5) is 30.8. The summed E-state index contributed by atoms with van der Waals surface area (Å²) in [5.41, 5.74) is 1.57. The van der Waals surface area contributed by atoms with E-state index in [-0.39, 0.29) is 22.6 Å². The van der Waals surface area contributed by atoms with Crippen molar-refractivity contribution in [2.24, 2.45) is 0 Å². The lowest BCUT2D eigenvalue weighted by molar-refractivity contribution is 0.102. The molecule has 8 nitrogen and oxygen atoms in total. The number of halogens is 1. The van der Waals surface area contributed by atoms with E-state index in [4.69, 9.17) is 4.74 Å². The third kappa shape index (κ3) is 3.28. The Balaban J connectivity index is 1.63.